The van der Waals surface area contributed by atoms with Crippen LogP contribution in [0.25, 0.3) is 44.1 Å². The fraction of sp³-hybridized carbons (Fsp3) is 0.0556. The number of carboxylic acid groups (broad SMARTS) is 2. The van der Waals surface area contributed by atoms with Gasteiger partial charge in [0.05, 0.1) is 0 Å². The molecule has 228 valence electrons. The third-order valence-corrected chi connectivity index (χ3v) is 7.89. The van der Waals surface area contributed by atoms with Crippen molar-refractivity contribution in [3.05, 3.63) is 156 Å². The summed E-state index contributed by atoms with van der Waals surface area (Å²) in [6, 6.07) is 40.6. The molecule has 6 nitrogen and oxygen atoms in total. The first-order chi connectivity index (χ1) is 21.2. The smallest absolute Gasteiger partial charge is 0.661 e. The Bertz CT molecular complexity index is 1750. The van der Waals surface area contributed by atoms with Crippen molar-refractivity contribution in [2.24, 2.45) is 0 Å². The number of carbonyl (C=O) groups is 2. The minimum Gasteiger partial charge on any atom is -0.661 e. The summed E-state index contributed by atoms with van der Waals surface area (Å²) < 4.78 is 0. The Kier molecular flexibility index (Phi) is 13.5. The number of hydrogen-bond acceptors (Lipinski definition) is 2. The molecule has 0 spiro atoms. The van der Waals surface area contributed by atoms with Gasteiger partial charge in [0.2, 0.25) is 0 Å². The zero-order valence-corrected chi connectivity index (χ0v) is 28.1. The first-order valence-corrected chi connectivity index (χ1v) is 14.9. The van der Waals surface area contributed by atoms with Gasteiger partial charge in [-0.1, -0.05) is 145 Å². The molecular weight excluding hydrogens is 687 g/mol. The zero-order valence-electron chi connectivity index (χ0n) is 24.1. The molecule has 0 amide bonds. The van der Waals surface area contributed by atoms with E-state index in [4.69, 9.17) is 21.7 Å². The van der Waals surface area contributed by atoms with Crippen molar-refractivity contribution in [3.63, 3.8) is 0 Å². The van der Waals surface area contributed by atoms with E-state index in [0.717, 1.165) is 0 Å². The van der Waals surface area contributed by atoms with Gasteiger partial charge < -0.3 is 21.7 Å². The second-order valence-corrected chi connectivity index (χ2v) is 11.1. The van der Waals surface area contributed by atoms with Crippen molar-refractivity contribution in [2.75, 3.05) is 0 Å². The number of rotatable bonds is 5. The van der Waals surface area contributed by atoms with Gasteiger partial charge in [0.25, 0.3) is 11.9 Å². The Morgan fingerprint density at radius 3 is 1.13 bits per heavy atom. The number of nitrogens with one attached hydrogen (secondary N) is 2. The molecule has 6 rings (SSSR count). The van der Waals surface area contributed by atoms with E-state index in [1.165, 1.54) is 43.3 Å². The van der Waals surface area contributed by atoms with Gasteiger partial charge in [-0.3, -0.25) is 9.59 Å². The maximum atomic E-state index is 10.3. The number of hydrogen-bond donors (Lipinski definition) is 2. The monoisotopic (exact) mass is 720 g/mol. The third kappa shape index (κ3) is 9.11. The molecule has 0 fully saturated rings. The molecule has 0 aliphatic carbocycles. The van der Waals surface area contributed by atoms with Gasteiger partial charge in [-0.15, -0.1) is 18.5 Å². The van der Waals surface area contributed by atoms with Gasteiger partial charge in [0.15, 0.2) is 0 Å². The Balaban J connectivity index is 0.000000204. The minimum atomic E-state index is -1.16. The van der Waals surface area contributed by atoms with Crippen molar-refractivity contribution in [1.82, 2.24) is 0 Å². The molecule has 0 aromatic heterocycles. The normalized spacial score (nSPS) is 11.6. The summed E-state index contributed by atoms with van der Waals surface area (Å²) in [5.74, 6) is -2.23. The maximum absolute atomic E-state index is 10.3. The first-order valence-electron chi connectivity index (χ1n) is 13.7. The van der Waals surface area contributed by atoms with Crippen LogP contribution in [0.15, 0.2) is 133 Å². The van der Waals surface area contributed by atoms with Gasteiger partial charge in [0, 0.05) is 0 Å². The van der Waals surface area contributed by atoms with Crippen LogP contribution in [0.2, 0.25) is 0 Å². The van der Waals surface area contributed by atoms with E-state index in [1.807, 2.05) is 0 Å². The summed E-state index contributed by atoms with van der Waals surface area (Å²) in [4.78, 5) is 20.6. The summed E-state index contributed by atoms with van der Waals surface area (Å²) in [5, 5.41) is 24.5. The van der Waals surface area contributed by atoms with Crippen LogP contribution in [0.1, 0.15) is 23.2 Å². The second kappa shape index (κ2) is 17.0. The molecule has 0 aliphatic rings. The number of carboxylic acids is 2. The van der Waals surface area contributed by atoms with Crippen LogP contribution in [0.4, 0.5) is 0 Å². The van der Waals surface area contributed by atoms with Gasteiger partial charge >= 0.3 is 19.5 Å². The van der Waals surface area contributed by atoms with Gasteiger partial charge in [-0.2, -0.15) is 0 Å². The van der Waals surface area contributed by atoms with Crippen LogP contribution in [0.3, 0.4) is 0 Å². The second-order valence-electron chi connectivity index (χ2n) is 9.87. The Hall–Kier alpha value is -3.82. The van der Waals surface area contributed by atoms with Gasteiger partial charge in [-0.25, -0.2) is 0 Å². The van der Waals surface area contributed by atoms with E-state index in [1.54, 1.807) is 60.7 Å². The predicted molar refractivity (Wildman–Crippen MR) is 188 cm³/mol. The molecule has 9 heteroatoms. The molecule has 4 atom stereocenters. The first kappa shape index (κ1) is 35.7. The van der Waals surface area contributed by atoms with E-state index >= 15 is 0 Å². The van der Waals surface area contributed by atoms with E-state index < -0.39 is 24.0 Å². The van der Waals surface area contributed by atoms with Crippen molar-refractivity contribution in [3.8, 4) is 11.1 Å². The van der Waals surface area contributed by atoms with E-state index in [9.17, 15) is 9.59 Å². The Morgan fingerprint density at radius 2 is 0.800 bits per heavy atom. The molecule has 45 heavy (non-hydrogen) atoms. The quantitative estimate of drug-likeness (QED) is 0.137. The SMILES string of the molecule is Pc1ccc2ccccc2c1-c1c(P)ccc2ccccc12.[NH-][C@H](C(=O)O)c1ccccc1.[NH-][C@H](C(=O)O)c1ccccc1.[Ru+2]. The summed E-state index contributed by atoms with van der Waals surface area (Å²) in [5.41, 5.74) is 18.0. The van der Waals surface area contributed by atoms with Crippen LogP contribution in [0.5, 0.6) is 0 Å². The van der Waals surface area contributed by atoms with Gasteiger partial charge in [0.1, 0.15) is 0 Å². The Morgan fingerprint density at radius 1 is 0.489 bits per heavy atom. The zero-order chi connectivity index (χ0) is 31.6. The molecule has 6 aromatic carbocycles. The molecule has 0 bridgehead atoms. The van der Waals surface area contributed by atoms with Crippen molar-refractivity contribution in [1.29, 1.82) is 0 Å². The predicted octanol–water partition coefficient (Wildman–Crippen LogP) is 8.39. The fourth-order valence-corrected chi connectivity index (χ4v) is 5.50. The summed E-state index contributed by atoms with van der Waals surface area (Å²) in [6.45, 7) is 0. The average molecular weight is 720 g/mol. The topological polar surface area (TPSA) is 122 Å². The molecule has 0 heterocycles. The van der Waals surface area contributed by atoms with Crippen molar-refractivity contribution in [2.45, 2.75) is 12.1 Å². The minimum absolute atomic E-state index is 0. The van der Waals surface area contributed by atoms with E-state index in [2.05, 4.69) is 91.3 Å². The maximum Gasteiger partial charge on any atom is 2.00 e. The standard InChI is InChI=1S/C20H16P2.2C8H8NO2.Ru/c21-17-11-9-13-5-1-3-7-15(13)19(17)20-16-8-4-2-6-14(16)10-12-18(20)22;2*9-7(8(10)11)6-4-2-1-3-5-6;/h1-12H,21-22H2;2*1-5,7,9H,(H,10,11);/q;2*-1;+2/t;2*7-;/m.00./s1. The number of aliphatic carboxylic acids is 2. The van der Waals surface area contributed by atoms with Crippen LogP contribution in [-0.4, -0.2) is 22.2 Å². The van der Waals surface area contributed by atoms with Gasteiger partial charge in [-0.05, 0) is 55.4 Å². The molecule has 0 aliphatic heterocycles. The fourth-order valence-electron chi connectivity index (χ4n) is 4.71. The average Bonchev–Trinajstić information content (AvgIpc) is 3.06. The van der Waals surface area contributed by atoms with E-state index in [-0.39, 0.29) is 19.5 Å². The molecule has 6 aromatic rings. The molecule has 4 N–H and O–H groups in total. The summed E-state index contributed by atoms with van der Waals surface area (Å²) >= 11 is 0. The molecule has 0 saturated heterocycles. The van der Waals surface area contributed by atoms with Crippen LogP contribution >= 0.6 is 18.5 Å². The van der Waals surface area contributed by atoms with Crippen LogP contribution in [-0.2, 0) is 29.1 Å². The third-order valence-electron chi connectivity index (χ3n) is 6.93. The molecular formula is C36H32N2O4P2Ru. The molecule has 0 saturated carbocycles. The van der Waals surface area contributed by atoms with Crippen molar-refractivity contribution < 1.29 is 39.3 Å². The van der Waals surface area contributed by atoms with E-state index in [0.29, 0.717) is 11.1 Å². The molecule has 2 unspecified atom stereocenters. The van der Waals surface area contributed by atoms with Crippen LogP contribution in [0, 0.1) is 0 Å². The number of benzene rings is 6. The largest absolute Gasteiger partial charge is 2.00 e. The Labute approximate surface area is 280 Å². The number of fused-ring (bicyclic) bond motifs is 2. The molecule has 0 radical (unpaired) electrons. The van der Waals surface area contributed by atoms with Crippen LogP contribution < -0.4 is 10.6 Å². The summed E-state index contributed by atoms with van der Waals surface area (Å²) in [7, 11) is 5.79. The van der Waals surface area contributed by atoms with Crippen molar-refractivity contribution >= 4 is 62.6 Å². The summed E-state index contributed by atoms with van der Waals surface area (Å²) in [6.07, 6.45) is 0.